The van der Waals surface area contributed by atoms with Crippen LogP contribution < -0.4 is 25.5 Å². The van der Waals surface area contributed by atoms with Gasteiger partial charge in [-0.15, -0.1) is 0 Å². The van der Waals surface area contributed by atoms with Crippen LogP contribution >= 0.6 is 11.6 Å². The molecule has 224 valence electrons. The van der Waals surface area contributed by atoms with Gasteiger partial charge in [-0.1, -0.05) is 17.7 Å². The van der Waals surface area contributed by atoms with Gasteiger partial charge in [-0.2, -0.15) is 5.10 Å². The lowest BCUT2D eigenvalue weighted by Crippen LogP contribution is -2.45. The Bertz CT molecular complexity index is 1630. The fourth-order valence-electron chi connectivity index (χ4n) is 4.13. The largest absolute Gasteiger partial charge is 0.493 e. The molecule has 1 atom stereocenters. The number of furan rings is 1. The van der Waals surface area contributed by atoms with E-state index >= 15 is 0 Å². The summed E-state index contributed by atoms with van der Waals surface area (Å²) in [5, 5.41) is 20.4. The Hall–Kier alpha value is -5.37. The number of benzene rings is 2. The molecule has 0 aliphatic carbocycles. The monoisotopic (exact) mass is 611 g/mol. The standard InChI is InChI=1S/C28H26ClN5O9/c1-4-41-27(36)25-15(2)31-28(37)32-26(25)16-5-9-22(23(11-16)40-3)42-14-24(35)33-30-13-18-7-10-21(43-18)19-12-17(34(38)39)6-8-20(19)29/h5-13,26H,4,14H2,1-3H3,(H,33,35)(H2,31,32,37)/b30-13-/t26-/m1/s1. The first-order valence-corrected chi connectivity index (χ1v) is 13.1. The number of esters is 1. The Morgan fingerprint density at radius 2 is 1.98 bits per heavy atom. The molecule has 14 nitrogen and oxygen atoms in total. The number of amides is 3. The fourth-order valence-corrected chi connectivity index (χ4v) is 4.34. The molecular formula is C28H26ClN5O9. The van der Waals surface area contributed by atoms with Gasteiger partial charge < -0.3 is 29.3 Å². The zero-order valence-electron chi connectivity index (χ0n) is 23.1. The van der Waals surface area contributed by atoms with Gasteiger partial charge >= 0.3 is 12.0 Å². The smallest absolute Gasteiger partial charge is 0.338 e. The molecule has 3 aromatic rings. The summed E-state index contributed by atoms with van der Waals surface area (Å²) in [6, 6.07) is 10.6. The van der Waals surface area contributed by atoms with Crippen molar-refractivity contribution in [2.75, 3.05) is 20.3 Å². The maximum atomic E-state index is 12.6. The van der Waals surface area contributed by atoms with Crippen LogP contribution in [0.4, 0.5) is 10.5 Å². The van der Waals surface area contributed by atoms with E-state index < -0.39 is 35.5 Å². The van der Waals surface area contributed by atoms with Crippen molar-refractivity contribution in [1.29, 1.82) is 0 Å². The number of rotatable bonds is 11. The summed E-state index contributed by atoms with van der Waals surface area (Å²) in [6.07, 6.45) is 1.24. The number of ether oxygens (including phenoxy) is 3. The number of nitro benzene ring substituents is 1. The highest BCUT2D eigenvalue weighted by Gasteiger charge is 2.32. The first-order chi connectivity index (χ1) is 20.6. The Morgan fingerprint density at radius 1 is 1.19 bits per heavy atom. The molecule has 3 N–H and O–H groups in total. The van der Waals surface area contributed by atoms with E-state index in [-0.39, 0.29) is 45.9 Å². The first kappa shape index (κ1) is 30.6. The normalized spacial score (nSPS) is 14.6. The van der Waals surface area contributed by atoms with Gasteiger partial charge in [0.1, 0.15) is 11.5 Å². The van der Waals surface area contributed by atoms with Crippen LogP contribution in [0, 0.1) is 10.1 Å². The molecule has 3 amide bonds. The highest BCUT2D eigenvalue weighted by atomic mass is 35.5. The van der Waals surface area contributed by atoms with Crippen LogP contribution in [-0.2, 0) is 14.3 Å². The van der Waals surface area contributed by atoms with Gasteiger partial charge in [-0.05, 0) is 49.7 Å². The first-order valence-electron chi connectivity index (χ1n) is 12.7. The molecule has 1 aromatic heterocycles. The summed E-state index contributed by atoms with van der Waals surface area (Å²) in [6.45, 7) is 3.03. The van der Waals surface area contributed by atoms with E-state index in [2.05, 4.69) is 21.2 Å². The van der Waals surface area contributed by atoms with Crippen LogP contribution in [0.15, 0.2) is 69.3 Å². The second-order valence-electron chi connectivity index (χ2n) is 8.91. The molecule has 0 spiro atoms. The van der Waals surface area contributed by atoms with Crippen molar-refractivity contribution < 1.29 is 37.9 Å². The molecule has 4 rings (SSSR count). The summed E-state index contributed by atoms with van der Waals surface area (Å²) in [5.74, 6) is -0.145. The topological polar surface area (TPSA) is 184 Å². The SMILES string of the molecule is CCOC(=O)C1=C(C)NC(=O)N[C@@H]1c1ccc(OCC(=O)N/N=C\c2ccc(-c3cc([N+](=O)[O-])ccc3Cl)o2)c(OC)c1. The van der Waals surface area contributed by atoms with Gasteiger partial charge in [-0.25, -0.2) is 15.0 Å². The number of urea groups is 1. The average molecular weight is 612 g/mol. The van der Waals surface area contributed by atoms with E-state index in [1.54, 1.807) is 44.2 Å². The molecule has 0 bridgehead atoms. The minimum absolute atomic E-state index is 0.143. The van der Waals surface area contributed by atoms with Crippen LogP contribution in [0.25, 0.3) is 11.3 Å². The van der Waals surface area contributed by atoms with E-state index in [4.69, 9.17) is 30.2 Å². The van der Waals surface area contributed by atoms with E-state index in [1.807, 2.05) is 0 Å². The lowest BCUT2D eigenvalue weighted by Gasteiger charge is -2.28. The number of hydrogen-bond donors (Lipinski definition) is 3. The molecule has 43 heavy (non-hydrogen) atoms. The highest BCUT2D eigenvalue weighted by molar-refractivity contribution is 6.33. The molecule has 1 aliphatic heterocycles. The number of nitrogens with zero attached hydrogens (tertiary/aromatic N) is 2. The highest BCUT2D eigenvalue weighted by Crippen LogP contribution is 2.35. The zero-order chi connectivity index (χ0) is 31.1. The van der Waals surface area contributed by atoms with Crippen LogP contribution in [0.5, 0.6) is 11.5 Å². The van der Waals surface area contributed by atoms with Crippen molar-refractivity contribution in [3.63, 3.8) is 0 Å². The number of nitro groups is 1. The molecule has 0 unspecified atom stereocenters. The number of carbonyl (C=O) groups excluding carboxylic acids is 3. The lowest BCUT2D eigenvalue weighted by molar-refractivity contribution is -0.384. The summed E-state index contributed by atoms with van der Waals surface area (Å²) < 4.78 is 21.8. The Morgan fingerprint density at radius 3 is 2.70 bits per heavy atom. The van der Waals surface area contributed by atoms with E-state index in [9.17, 15) is 24.5 Å². The molecule has 0 saturated heterocycles. The number of methoxy groups -OCH3 is 1. The number of nitrogens with one attached hydrogen (secondary N) is 3. The van der Waals surface area contributed by atoms with Gasteiger partial charge in [0.2, 0.25) is 0 Å². The zero-order valence-corrected chi connectivity index (χ0v) is 23.9. The number of allylic oxidation sites excluding steroid dienone is 1. The van der Waals surface area contributed by atoms with Gasteiger partial charge in [0, 0.05) is 23.4 Å². The van der Waals surface area contributed by atoms with Crippen LogP contribution in [-0.4, -0.2) is 49.4 Å². The van der Waals surface area contributed by atoms with E-state index in [1.165, 1.54) is 31.5 Å². The van der Waals surface area contributed by atoms with Gasteiger partial charge in [0.05, 0.1) is 41.5 Å². The predicted molar refractivity (Wildman–Crippen MR) is 154 cm³/mol. The Labute approximate surface area is 249 Å². The van der Waals surface area contributed by atoms with Crippen molar-refractivity contribution in [3.05, 3.63) is 86.3 Å². The maximum absolute atomic E-state index is 12.6. The van der Waals surface area contributed by atoms with Crippen molar-refractivity contribution in [2.45, 2.75) is 19.9 Å². The molecule has 0 fully saturated rings. The Kier molecular flexibility index (Phi) is 9.62. The minimum Gasteiger partial charge on any atom is -0.493 e. The third-order valence-electron chi connectivity index (χ3n) is 6.08. The molecule has 1 aliphatic rings. The van der Waals surface area contributed by atoms with Crippen molar-refractivity contribution in [2.24, 2.45) is 5.10 Å². The summed E-state index contributed by atoms with van der Waals surface area (Å²) in [7, 11) is 1.41. The van der Waals surface area contributed by atoms with Crippen LogP contribution in [0.1, 0.15) is 31.2 Å². The van der Waals surface area contributed by atoms with Gasteiger partial charge in [-0.3, -0.25) is 14.9 Å². The summed E-state index contributed by atoms with van der Waals surface area (Å²) >= 11 is 6.15. The van der Waals surface area contributed by atoms with Gasteiger partial charge in [0.15, 0.2) is 18.1 Å². The second-order valence-corrected chi connectivity index (χ2v) is 9.31. The molecule has 0 radical (unpaired) electrons. The second kappa shape index (κ2) is 13.5. The average Bonchev–Trinajstić information content (AvgIpc) is 3.44. The van der Waals surface area contributed by atoms with Crippen molar-refractivity contribution in [1.82, 2.24) is 16.1 Å². The van der Waals surface area contributed by atoms with E-state index in [0.29, 0.717) is 16.8 Å². The molecule has 0 saturated carbocycles. The number of halogens is 1. The molecule has 15 heteroatoms. The summed E-state index contributed by atoms with van der Waals surface area (Å²) in [5.41, 5.74) is 3.63. The summed E-state index contributed by atoms with van der Waals surface area (Å²) in [4.78, 5) is 47.5. The van der Waals surface area contributed by atoms with Gasteiger partial charge in [0.25, 0.3) is 11.6 Å². The molecule has 2 aromatic carbocycles. The predicted octanol–water partition coefficient (Wildman–Crippen LogP) is 4.24. The number of hydrogen-bond acceptors (Lipinski definition) is 10. The van der Waals surface area contributed by atoms with Crippen molar-refractivity contribution >= 4 is 41.4 Å². The maximum Gasteiger partial charge on any atom is 0.338 e. The Balaban J connectivity index is 1.39. The minimum atomic E-state index is -0.802. The third-order valence-corrected chi connectivity index (χ3v) is 6.41. The van der Waals surface area contributed by atoms with Crippen molar-refractivity contribution in [3.8, 4) is 22.8 Å². The van der Waals surface area contributed by atoms with Crippen LogP contribution in [0.3, 0.4) is 0 Å². The van der Waals surface area contributed by atoms with Crippen LogP contribution in [0.2, 0.25) is 5.02 Å². The number of hydrazone groups is 1. The molecular weight excluding hydrogens is 586 g/mol. The lowest BCUT2D eigenvalue weighted by atomic mass is 9.95. The van der Waals surface area contributed by atoms with E-state index in [0.717, 1.165) is 0 Å². The number of non-ortho nitro benzene ring substituents is 1. The quantitative estimate of drug-likeness (QED) is 0.123. The number of carbonyl (C=O) groups is 3. The third kappa shape index (κ3) is 7.29. The molecule has 2 heterocycles. The fraction of sp³-hybridized carbons (Fsp3) is 0.214.